The largest absolute Gasteiger partial charge is 0.449 e. The van der Waals surface area contributed by atoms with Crippen molar-refractivity contribution in [1.29, 1.82) is 0 Å². The average molecular weight is 470 g/mol. The molecule has 1 heterocycles. The Kier molecular flexibility index (Phi) is 6.23. The molecule has 1 fully saturated rings. The van der Waals surface area contributed by atoms with Crippen molar-refractivity contribution in [1.82, 2.24) is 10.2 Å². The van der Waals surface area contributed by atoms with Gasteiger partial charge in [0.2, 0.25) is 5.91 Å². The third kappa shape index (κ3) is 4.37. The normalized spacial score (nSPS) is 17.4. The molecule has 3 aromatic carbocycles. The predicted octanol–water partition coefficient (Wildman–Crippen LogP) is 3.74. The first-order valence-electron chi connectivity index (χ1n) is 11.8. The second-order valence-electron chi connectivity index (χ2n) is 8.91. The van der Waals surface area contributed by atoms with Crippen LogP contribution < -0.4 is 11.1 Å². The van der Waals surface area contributed by atoms with Crippen molar-refractivity contribution in [3.8, 4) is 11.1 Å². The van der Waals surface area contributed by atoms with Gasteiger partial charge in [0.15, 0.2) is 0 Å². The van der Waals surface area contributed by atoms with Gasteiger partial charge in [-0.1, -0.05) is 78.9 Å². The maximum absolute atomic E-state index is 13.4. The van der Waals surface area contributed by atoms with E-state index in [9.17, 15) is 14.4 Å². The summed E-state index contributed by atoms with van der Waals surface area (Å²) in [5.74, 6) is -0.994. The van der Waals surface area contributed by atoms with Crippen molar-refractivity contribution in [2.45, 2.75) is 30.8 Å². The Labute approximate surface area is 203 Å². The number of nitrogens with zero attached hydrogens (tertiary/aromatic N) is 1. The highest BCUT2D eigenvalue weighted by atomic mass is 16.5. The quantitative estimate of drug-likeness (QED) is 0.574. The zero-order valence-electron chi connectivity index (χ0n) is 19.2. The van der Waals surface area contributed by atoms with Gasteiger partial charge in [-0.3, -0.25) is 9.59 Å². The summed E-state index contributed by atoms with van der Waals surface area (Å²) in [6.07, 6.45) is 0.517. The van der Waals surface area contributed by atoms with Crippen molar-refractivity contribution in [3.63, 3.8) is 0 Å². The minimum Gasteiger partial charge on any atom is -0.449 e. The summed E-state index contributed by atoms with van der Waals surface area (Å²) in [5.41, 5.74) is 10.6. The lowest BCUT2D eigenvalue weighted by molar-refractivity contribution is -0.139. The number of carbonyl (C=O) groups excluding carboxylic acids is 3. The number of ether oxygens (including phenoxy) is 1. The maximum atomic E-state index is 13.4. The summed E-state index contributed by atoms with van der Waals surface area (Å²) in [5, 5.41) is 2.74. The fourth-order valence-corrected chi connectivity index (χ4v) is 5.18. The number of nitrogens with two attached hydrogens (primary N) is 1. The fraction of sp³-hybridized carbons (Fsp3) is 0.250. The third-order valence-corrected chi connectivity index (χ3v) is 6.85. The predicted molar refractivity (Wildman–Crippen MR) is 131 cm³/mol. The summed E-state index contributed by atoms with van der Waals surface area (Å²) in [4.78, 5) is 39.7. The van der Waals surface area contributed by atoms with E-state index >= 15 is 0 Å². The molecule has 2 aliphatic rings. The number of rotatable bonds is 6. The van der Waals surface area contributed by atoms with Gasteiger partial charge in [-0.2, -0.15) is 0 Å². The zero-order chi connectivity index (χ0) is 24.4. The lowest BCUT2D eigenvalue weighted by Gasteiger charge is -2.28. The molecule has 0 bridgehead atoms. The lowest BCUT2D eigenvalue weighted by Crippen LogP contribution is -2.49. The molecule has 3 amide bonds. The monoisotopic (exact) mass is 469 g/mol. The summed E-state index contributed by atoms with van der Waals surface area (Å²) in [6, 6.07) is 23.5. The van der Waals surface area contributed by atoms with E-state index in [0.29, 0.717) is 24.9 Å². The first-order valence-corrected chi connectivity index (χ1v) is 11.8. The van der Waals surface area contributed by atoms with E-state index in [1.165, 1.54) is 4.90 Å². The molecule has 1 aliphatic heterocycles. The Balaban J connectivity index is 1.33. The molecule has 35 heavy (non-hydrogen) atoms. The molecule has 5 rings (SSSR count). The minimum atomic E-state index is -0.980. The van der Waals surface area contributed by atoms with Crippen molar-refractivity contribution in [2.75, 3.05) is 13.2 Å². The second-order valence-corrected chi connectivity index (χ2v) is 8.91. The molecule has 178 valence electrons. The molecule has 0 aromatic heterocycles. The molecule has 2 atom stereocenters. The third-order valence-electron chi connectivity index (χ3n) is 6.85. The number of likely N-dealkylation sites (tertiary alicyclic amines) is 1. The van der Waals surface area contributed by atoms with E-state index in [1.807, 2.05) is 30.3 Å². The van der Waals surface area contributed by atoms with Gasteiger partial charge in [0.25, 0.3) is 5.91 Å². The van der Waals surface area contributed by atoms with Gasteiger partial charge in [-0.15, -0.1) is 0 Å². The van der Waals surface area contributed by atoms with Gasteiger partial charge in [0.05, 0.1) is 0 Å². The van der Waals surface area contributed by atoms with Crippen molar-refractivity contribution in [2.24, 2.45) is 5.73 Å². The van der Waals surface area contributed by atoms with E-state index in [-0.39, 0.29) is 18.4 Å². The topological polar surface area (TPSA) is 102 Å². The molecule has 0 radical (unpaired) electrons. The Morgan fingerprint density at radius 3 is 2.14 bits per heavy atom. The van der Waals surface area contributed by atoms with Gasteiger partial charge in [-0.05, 0) is 40.7 Å². The number of nitrogens with one attached hydrogen (secondary N) is 1. The van der Waals surface area contributed by atoms with E-state index in [4.69, 9.17) is 10.5 Å². The SMILES string of the molecule is NC(=O)[C@@H]1CCCN1C(=O)[C@H](NC(=O)OCC1c2ccccc2-c2ccccc21)c1ccccc1. The van der Waals surface area contributed by atoms with Gasteiger partial charge >= 0.3 is 6.09 Å². The van der Waals surface area contributed by atoms with Crippen molar-refractivity contribution in [3.05, 3.63) is 95.6 Å². The molecule has 3 N–H and O–H groups in total. The van der Waals surface area contributed by atoms with E-state index in [2.05, 4.69) is 29.6 Å². The number of hydrogen-bond donors (Lipinski definition) is 2. The van der Waals surface area contributed by atoms with Crippen LogP contribution in [0.3, 0.4) is 0 Å². The summed E-state index contributed by atoms with van der Waals surface area (Å²) >= 11 is 0. The second kappa shape index (κ2) is 9.62. The molecule has 1 aliphatic carbocycles. The smallest absolute Gasteiger partial charge is 0.408 e. The van der Waals surface area contributed by atoms with Crippen LogP contribution in [0.15, 0.2) is 78.9 Å². The molecular formula is C28H27N3O4. The average Bonchev–Trinajstić information content (AvgIpc) is 3.50. The van der Waals surface area contributed by atoms with Crippen LogP contribution in [-0.2, 0) is 14.3 Å². The number of amides is 3. The zero-order valence-corrected chi connectivity index (χ0v) is 19.2. The number of alkyl carbamates (subject to hydrolysis) is 1. The van der Waals surface area contributed by atoms with Crippen LogP contribution in [0.5, 0.6) is 0 Å². The Morgan fingerprint density at radius 2 is 1.51 bits per heavy atom. The molecule has 7 heteroatoms. The molecule has 7 nitrogen and oxygen atoms in total. The summed E-state index contributed by atoms with van der Waals surface area (Å²) in [6.45, 7) is 0.561. The number of benzene rings is 3. The van der Waals surface area contributed by atoms with E-state index < -0.39 is 24.1 Å². The van der Waals surface area contributed by atoms with E-state index in [0.717, 1.165) is 22.3 Å². The summed E-state index contributed by atoms with van der Waals surface area (Å²) < 4.78 is 5.67. The molecule has 0 saturated carbocycles. The first-order chi connectivity index (χ1) is 17.0. The maximum Gasteiger partial charge on any atom is 0.408 e. The highest BCUT2D eigenvalue weighted by Crippen LogP contribution is 2.44. The standard InChI is InChI=1S/C28H27N3O4/c29-26(32)24-15-8-16-31(24)27(33)25(18-9-2-1-3-10-18)30-28(34)35-17-23-21-13-6-4-11-19(21)20-12-5-7-14-22(20)23/h1-7,9-14,23-25H,8,15-17H2,(H2,29,32)(H,30,34)/t24-,25+/m0/s1. The van der Waals surface area contributed by atoms with Crippen LogP contribution >= 0.6 is 0 Å². The van der Waals surface area contributed by atoms with Gasteiger partial charge in [-0.25, -0.2) is 4.79 Å². The van der Waals surface area contributed by atoms with Crippen LogP contribution in [0.25, 0.3) is 11.1 Å². The molecule has 0 unspecified atom stereocenters. The number of hydrogen-bond acceptors (Lipinski definition) is 4. The molecule has 0 spiro atoms. The number of primary amides is 1. The van der Waals surface area contributed by atoms with Crippen LogP contribution in [0.2, 0.25) is 0 Å². The highest BCUT2D eigenvalue weighted by molar-refractivity contribution is 5.92. The molecule has 1 saturated heterocycles. The van der Waals surface area contributed by atoms with Gasteiger partial charge < -0.3 is 20.7 Å². The van der Waals surface area contributed by atoms with Crippen LogP contribution in [0.1, 0.15) is 41.5 Å². The van der Waals surface area contributed by atoms with Crippen molar-refractivity contribution >= 4 is 17.9 Å². The first kappa shape index (κ1) is 22.7. The number of fused-ring (bicyclic) bond motifs is 3. The van der Waals surface area contributed by atoms with E-state index in [1.54, 1.807) is 24.3 Å². The van der Waals surface area contributed by atoms with Crippen LogP contribution in [-0.4, -0.2) is 42.0 Å². The van der Waals surface area contributed by atoms with Crippen LogP contribution in [0.4, 0.5) is 4.79 Å². The molecule has 3 aromatic rings. The Bertz CT molecular complexity index is 1210. The Morgan fingerprint density at radius 1 is 0.914 bits per heavy atom. The summed E-state index contributed by atoms with van der Waals surface area (Å²) in [7, 11) is 0. The number of carbonyl (C=O) groups is 3. The van der Waals surface area contributed by atoms with Crippen molar-refractivity contribution < 1.29 is 19.1 Å². The minimum absolute atomic E-state index is 0.0862. The lowest BCUT2D eigenvalue weighted by atomic mass is 9.98. The van der Waals surface area contributed by atoms with Gasteiger partial charge in [0, 0.05) is 12.5 Å². The highest BCUT2D eigenvalue weighted by Gasteiger charge is 2.38. The fourth-order valence-electron chi connectivity index (χ4n) is 5.18. The Hall–Kier alpha value is -4.13. The van der Waals surface area contributed by atoms with Crippen LogP contribution in [0, 0.1) is 0 Å². The van der Waals surface area contributed by atoms with Gasteiger partial charge in [0.1, 0.15) is 18.7 Å². The molecular weight excluding hydrogens is 442 g/mol.